The van der Waals surface area contributed by atoms with Gasteiger partial charge in [-0.25, -0.2) is 0 Å². The molecule has 0 bridgehead atoms. The van der Waals surface area contributed by atoms with Crippen molar-refractivity contribution in [2.45, 2.75) is 24.9 Å². The van der Waals surface area contributed by atoms with E-state index in [0.717, 1.165) is 23.3 Å². The number of hydrogen-bond donors (Lipinski definition) is 2. The maximum atomic E-state index is 12.1. The summed E-state index contributed by atoms with van der Waals surface area (Å²) in [5.41, 5.74) is -0.141. The monoisotopic (exact) mass is 335 g/mol. The van der Waals surface area contributed by atoms with Crippen molar-refractivity contribution >= 4 is 28.8 Å². The molecular weight excluding hydrogens is 318 g/mol. The molecule has 0 unspecified atom stereocenters. The Hall–Kier alpha value is -1.36. The van der Waals surface area contributed by atoms with Crippen molar-refractivity contribution in [2.24, 2.45) is 5.92 Å². The molecule has 1 atom stereocenters. The first-order valence-corrected chi connectivity index (χ1v) is 8.62. The largest absolute Gasteiger partial charge is 0.382 e. The van der Waals surface area contributed by atoms with Crippen molar-refractivity contribution in [3.8, 4) is 0 Å². The van der Waals surface area contributed by atoms with E-state index in [1.165, 1.54) is 11.3 Å². The predicted molar refractivity (Wildman–Crippen MR) is 89.1 cm³/mol. The van der Waals surface area contributed by atoms with Crippen LogP contribution < -0.4 is 5.32 Å². The fraction of sp³-hybridized carbons (Fsp3) is 0.353. The van der Waals surface area contributed by atoms with Gasteiger partial charge in [0, 0.05) is 9.90 Å². The Kier molecular flexibility index (Phi) is 4.52. The summed E-state index contributed by atoms with van der Waals surface area (Å²) >= 11 is 7.61. The van der Waals surface area contributed by atoms with Gasteiger partial charge in [0.25, 0.3) is 0 Å². The van der Waals surface area contributed by atoms with E-state index in [2.05, 4.69) is 5.32 Å². The fourth-order valence-electron chi connectivity index (χ4n) is 2.63. The molecule has 3 rings (SSSR count). The Labute approximate surface area is 138 Å². The zero-order valence-corrected chi connectivity index (χ0v) is 13.7. The van der Waals surface area contributed by atoms with Gasteiger partial charge < -0.3 is 10.4 Å². The van der Waals surface area contributed by atoms with Gasteiger partial charge in [-0.05, 0) is 41.8 Å². The maximum absolute atomic E-state index is 12.1. The van der Waals surface area contributed by atoms with Crippen molar-refractivity contribution < 1.29 is 9.90 Å². The molecular formula is C17H18ClNO2S. The zero-order chi connectivity index (χ0) is 15.6. The van der Waals surface area contributed by atoms with Gasteiger partial charge in [-0.1, -0.05) is 35.9 Å². The van der Waals surface area contributed by atoms with Crippen LogP contribution in [-0.4, -0.2) is 17.6 Å². The lowest BCUT2D eigenvalue weighted by Gasteiger charge is -2.27. The summed E-state index contributed by atoms with van der Waals surface area (Å²) < 4.78 is 0. The molecule has 5 heteroatoms. The molecule has 1 aliphatic carbocycles. The maximum Gasteiger partial charge on any atom is 0.224 e. The van der Waals surface area contributed by atoms with E-state index in [1.54, 1.807) is 6.07 Å². The van der Waals surface area contributed by atoms with Crippen molar-refractivity contribution in [1.29, 1.82) is 0 Å². The molecule has 22 heavy (non-hydrogen) atoms. The second kappa shape index (κ2) is 6.41. The molecule has 116 valence electrons. The van der Waals surface area contributed by atoms with E-state index in [9.17, 15) is 9.90 Å². The molecule has 1 heterocycles. The van der Waals surface area contributed by atoms with E-state index in [4.69, 9.17) is 11.6 Å². The predicted octanol–water partition coefficient (Wildman–Crippen LogP) is 3.36. The van der Waals surface area contributed by atoms with Gasteiger partial charge >= 0.3 is 0 Å². The molecule has 0 aliphatic heterocycles. The minimum atomic E-state index is -0.940. The number of amides is 1. The molecule has 3 nitrogen and oxygen atoms in total. The Bertz CT molecular complexity index is 654. The molecule has 2 N–H and O–H groups in total. The highest BCUT2D eigenvalue weighted by molar-refractivity contribution is 7.10. The molecule has 1 saturated carbocycles. The van der Waals surface area contributed by atoms with Crippen LogP contribution in [0.2, 0.25) is 5.02 Å². The highest BCUT2D eigenvalue weighted by atomic mass is 35.5. The lowest BCUT2D eigenvalue weighted by Crippen LogP contribution is -2.42. The highest BCUT2D eigenvalue weighted by Crippen LogP contribution is 2.46. The van der Waals surface area contributed by atoms with Gasteiger partial charge in [0.05, 0.1) is 13.0 Å². The van der Waals surface area contributed by atoms with Crippen LogP contribution in [0.3, 0.4) is 0 Å². The molecule has 2 aromatic rings. The lowest BCUT2D eigenvalue weighted by atomic mass is 9.95. The van der Waals surface area contributed by atoms with E-state index in [1.807, 2.05) is 35.7 Å². The number of aliphatic hydroxyl groups is 1. The second-order valence-electron chi connectivity index (χ2n) is 5.72. The third-order valence-electron chi connectivity index (χ3n) is 4.06. The molecule has 1 aromatic heterocycles. The molecule has 1 fully saturated rings. The normalized spacial score (nSPS) is 17.0. The van der Waals surface area contributed by atoms with Gasteiger partial charge in [0.15, 0.2) is 0 Å². The number of nitrogens with one attached hydrogen (secondary N) is 1. The number of carbonyl (C=O) groups is 1. The topological polar surface area (TPSA) is 49.3 Å². The molecule has 1 amide bonds. The quantitative estimate of drug-likeness (QED) is 0.850. The first kappa shape index (κ1) is 15.5. The minimum absolute atomic E-state index is 0.122. The van der Waals surface area contributed by atoms with Gasteiger partial charge in [-0.15, -0.1) is 11.3 Å². The molecule has 0 spiro atoms. The number of hydrogen-bond acceptors (Lipinski definition) is 3. The first-order valence-electron chi connectivity index (χ1n) is 7.36. The van der Waals surface area contributed by atoms with Crippen LogP contribution in [0.25, 0.3) is 0 Å². The third kappa shape index (κ3) is 3.35. The Balaban J connectivity index is 1.63. The summed E-state index contributed by atoms with van der Waals surface area (Å²) in [6, 6.07) is 11.2. The van der Waals surface area contributed by atoms with Crippen LogP contribution in [0, 0.1) is 5.92 Å². The Morgan fingerprint density at radius 3 is 2.73 bits per heavy atom. The van der Waals surface area contributed by atoms with E-state index < -0.39 is 5.60 Å². The van der Waals surface area contributed by atoms with Crippen molar-refractivity contribution in [3.63, 3.8) is 0 Å². The Morgan fingerprint density at radius 2 is 2.09 bits per heavy atom. The summed E-state index contributed by atoms with van der Waals surface area (Å²) in [4.78, 5) is 13.1. The van der Waals surface area contributed by atoms with Gasteiger partial charge in [-0.2, -0.15) is 0 Å². The van der Waals surface area contributed by atoms with Crippen molar-refractivity contribution in [3.05, 3.63) is 57.2 Å². The van der Waals surface area contributed by atoms with E-state index in [-0.39, 0.29) is 24.8 Å². The second-order valence-corrected chi connectivity index (χ2v) is 7.08. The summed E-state index contributed by atoms with van der Waals surface area (Å²) in [6.45, 7) is 0.251. The number of benzene rings is 1. The molecule has 1 aliphatic rings. The van der Waals surface area contributed by atoms with Gasteiger partial charge in [0.2, 0.25) is 5.91 Å². The number of thiophene rings is 1. The van der Waals surface area contributed by atoms with Gasteiger partial charge in [-0.3, -0.25) is 4.79 Å². The smallest absolute Gasteiger partial charge is 0.224 e. The lowest BCUT2D eigenvalue weighted by molar-refractivity contribution is -0.122. The number of carbonyl (C=O) groups excluding carboxylic acids is 1. The van der Waals surface area contributed by atoms with Crippen LogP contribution in [0.15, 0.2) is 41.8 Å². The van der Waals surface area contributed by atoms with E-state index >= 15 is 0 Å². The average Bonchev–Trinajstić information content (AvgIpc) is 3.22. The van der Waals surface area contributed by atoms with Crippen LogP contribution in [-0.2, 0) is 16.8 Å². The summed E-state index contributed by atoms with van der Waals surface area (Å²) in [7, 11) is 0. The van der Waals surface area contributed by atoms with Crippen LogP contribution >= 0.6 is 22.9 Å². The summed E-state index contributed by atoms with van der Waals surface area (Å²) in [5, 5.41) is 16.4. The minimum Gasteiger partial charge on any atom is -0.382 e. The molecule has 0 saturated heterocycles. The highest BCUT2D eigenvalue weighted by Gasteiger charge is 2.45. The van der Waals surface area contributed by atoms with Crippen LogP contribution in [0.5, 0.6) is 0 Å². The zero-order valence-electron chi connectivity index (χ0n) is 12.1. The van der Waals surface area contributed by atoms with Crippen molar-refractivity contribution in [1.82, 2.24) is 5.32 Å². The average molecular weight is 336 g/mol. The standard InChI is InChI=1S/C17H18ClNO2S/c18-14-5-2-1-4-12(14)10-16(20)19-11-17(21,13-7-8-13)15-6-3-9-22-15/h1-6,9,13,21H,7-8,10-11H2,(H,19,20)/t17-/m0/s1. The summed E-state index contributed by atoms with van der Waals surface area (Å²) in [5.74, 6) is 0.121. The first-order chi connectivity index (χ1) is 10.6. The number of halogens is 1. The van der Waals surface area contributed by atoms with E-state index in [0.29, 0.717) is 5.02 Å². The SMILES string of the molecule is O=C(Cc1ccccc1Cl)NC[C@@](O)(c1cccs1)C1CC1. The third-order valence-corrected chi connectivity index (χ3v) is 5.47. The molecule has 1 aromatic carbocycles. The van der Waals surface area contributed by atoms with Gasteiger partial charge in [0.1, 0.15) is 5.60 Å². The Morgan fingerprint density at radius 1 is 1.32 bits per heavy atom. The fourth-order valence-corrected chi connectivity index (χ4v) is 3.74. The summed E-state index contributed by atoms with van der Waals surface area (Å²) in [6.07, 6.45) is 2.24. The van der Waals surface area contributed by atoms with Crippen LogP contribution in [0.4, 0.5) is 0 Å². The van der Waals surface area contributed by atoms with Crippen LogP contribution in [0.1, 0.15) is 23.3 Å². The van der Waals surface area contributed by atoms with Crippen molar-refractivity contribution in [2.75, 3.05) is 6.54 Å². The molecule has 0 radical (unpaired) electrons. The number of rotatable bonds is 6.